The quantitative estimate of drug-likeness (QED) is 0.790. The molecule has 2 aromatic heterocycles. The van der Waals surface area contributed by atoms with Gasteiger partial charge in [-0.3, -0.25) is 0 Å². The Labute approximate surface area is 129 Å². The summed E-state index contributed by atoms with van der Waals surface area (Å²) in [5, 5.41) is 17.9. The van der Waals surface area contributed by atoms with Gasteiger partial charge in [0.25, 0.3) is 0 Å². The van der Waals surface area contributed by atoms with Gasteiger partial charge in [0, 0.05) is 11.4 Å². The highest BCUT2D eigenvalue weighted by atomic mass is 32.1. The molecule has 3 N–H and O–H groups in total. The highest BCUT2D eigenvalue weighted by Gasteiger charge is 2.35. The van der Waals surface area contributed by atoms with Crippen LogP contribution in [0.15, 0.2) is 6.07 Å². The predicted octanol–water partition coefficient (Wildman–Crippen LogP) is 3.39. The van der Waals surface area contributed by atoms with Crippen molar-refractivity contribution in [1.82, 2.24) is 9.97 Å². The number of hydrogen-bond acceptors (Lipinski definition) is 6. The summed E-state index contributed by atoms with van der Waals surface area (Å²) in [5.74, 6) is 1.37. The fourth-order valence-electron chi connectivity index (χ4n) is 1.82. The third-order valence-corrected chi connectivity index (χ3v) is 4.76. The molecule has 0 spiro atoms. The molecule has 2 heterocycles. The molecule has 0 bridgehead atoms. The van der Waals surface area contributed by atoms with Crippen molar-refractivity contribution in [2.45, 2.75) is 52.7 Å². The highest BCUT2D eigenvalue weighted by molar-refractivity contribution is 7.18. The topological polar surface area (TPSA) is 70.1 Å². The Morgan fingerprint density at radius 1 is 1.24 bits per heavy atom. The van der Waals surface area contributed by atoms with Crippen molar-refractivity contribution in [3.05, 3.63) is 10.9 Å². The van der Waals surface area contributed by atoms with Crippen LogP contribution in [-0.4, -0.2) is 32.8 Å². The molecule has 0 unspecified atom stereocenters. The number of nitrogens with one attached hydrogen (secondary N) is 2. The van der Waals surface area contributed by atoms with Crippen molar-refractivity contribution in [3.63, 3.8) is 0 Å². The van der Waals surface area contributed by atoms with E-state index in [9.17, 15) is 5.11 Å². The number of rotatable bonds is 5. The first-order valence-electron chi connectivity index (χ1n) is 7.16. The summed E-state index contributed by atoms with van der Waals surface area (Å²) in [4.78, 5) is 11.2. The second-order valence-corrected chi connectivity index (χ2v) is 7.55. The van der Waals surface area contributed by atoms with E-state index < -0.39 is 11.1 Å². The molecule has 116 valence electrons. The third-order valence-electron chi connectivity index (χ3n) is 3.81. The number of thiophene rings is 1. The summed E-state index contributed by atoms with van der Waals surface area (Å²) in [6.45, 7) is 12.4. The van der Waals surface area contributed by atoms with Gasteiger partial charge in [-0.1, -0.05) is 0 Å². The van der Waals surface area contributed by atoms with E-state index in [0.29, 0.717) is 5.95 Å². The average Bonchev–Trinajstić information content (AvgIpc) is 2.68. The molecule has 0 saturated carbocycles. The van der Waals surface area contributed by atoms with Crippen LogP contribution in [-0.2, 0) is 0 Å². The molecule has 6 heteroatoms. The van der Waals surface area contributed by atoms with Crippen LogP contribution < -0.4 is 10.6 Å². The largest absolute Gasteiger partial charge is 0.388 e. The molecular weight excluding hydrogens is 284 g/mol. The molecule has 2 aromatic rings. The minimum absolute atomic E-state index is 0.520. The van der Waals surface area contributed by atoms with Crippen molar-refractivity contribution in [1.29, 1.82) is 0 Å². The van der Waals surface area contributed by atoms with Crippen molar-refractivity contribution in [3.8, 4) is 0 Å². The summed E-state index contributed by atoms with van der Waals surface area (Å²) in [7, 11) is 0. The lowest BCUT2D eigenvalue weighted by atomic mass is 9.86. The lowest BCUT2D eigenvalue weighted by Gasteiger charge is -2.38. The monoisotopic (exact) mass is 308 g/mol. The van der Waals surface area contributed by atoms with Crippen LogP contribution in [0.3, 0.4) is 0 Å². The molecule has 0 saturated heterocycles. The van der Waals surface area contributed by atoms with Gasteiger partial charge in [-0.2, -0.15) is 4.98 Å². The Kier molecular flexibility index (Phi) is 4.13. The molecular formula is C15H24N4OS. The Morgan fingerprint density at radius 2 is 1.90 bits per heavy atom. The van der Waals surface area contributed by atoms with Crippen LogP contribution in [0.5, 0.6) is 0 Å². The molecule has 2 rings (SSSR count). The number of aromatic nitrogens is 2. The second-order valence-electron chi connectivity index (χ2n) is 6.31. The van der Waals surface area contributed by atoms with E-state index >= 15 is 0 Å². The highest BCUT2D eigenvalue weighted by Crippen LogP contribution is 2.33. The van der Waals surface area contributed by atoms with Gasteiger partial charge in [0.1, 0.15) is 10.6 Å². The number of aryl methyl sites for hydroxylation is 1. The lowest BCUT2D eigenvalue weighted by Crippen LogP contribution is -2.51. The standard InChI is InChI=1S/C15H24N4OS/c1-7-16-13-17-11(19-14(3,4)15(5,6)20)10-8-9(2)21-12(10)18-13/h8,20H,7H2,1-6H3,(H2,16,17,18,19). The van der Waals surface area contributed by atoms with Gasteiger partial charge in [-0.15, -0.1) is 11.3 Å². The van der Waals surface area contributed by atoms with Gasteiger partial charge < -0.3 is 15.7 Å². The van der Waals surface area contributed by atoms with Crippen molar-refractivity contribution in [2.24, 2.45) is 0 Å². The SMILES string of the molecule is CCNc1nc(NC(C)(C)C(C)(C)O)c2cc(C)sc2n1. The van der Waals surface area contributed by atoms with E-state index in [4.69, 9.17) is 0 Å². The Morgan fingerprint density at radius 3 is 2.48 bits per heavy atom. The fourth-order valence-corrected chi connectivity index (χ4v) is 2.70. The van der Waals surface area contributed by atoms with E-state index in [-0.39, 0.29) is 0 Å². The molecule has 0 aliphatic carbocycles. The number of aliphatic hydroxyl groups is 1. The number of nitrogens with zero attached hydrogens (tertiary/aromatic N) is 2. The van der Waals surface area contributed by atoms with Crippen LogP contribution in [0.25, 0.3) is 10.2 Å². The summed E-state index contributed by atoms with van der Waals surface area (Å²) in [5.41, 5.74) is -1.40. The van der Waals surface area contributed by atoms with E-state index in [2.05, 4.69) is 33.6 Å². The van der Waals surface area contributed by atoms with E-state index in [1.807, 2.05) is 20.8 Å². The maximum Gasteiger partial charge on any atom is 0.226 e. The lowest BCUT2D eigenvalue weighted by molar-refractivity contribution is 0.0239. The Hall–Kier alpha value is -1.40. The molecule has 0 radical (unpaired) electrons. The predicted molar refractivity (Wildman–Crippen MR) is 90.3 cm³/mol. The first-order valence-corrected chi connectivity index (χ1v) is 7.98. The molecule has 0 atom stereocenters. The van der Waals surface area contributed by atoms with Gasteiger partial charge in [0.15, 0.2) is 0 Å². The maximum atomic E-state index is 10.3. The van der Waals surface area contributed by atoms with Gasteiger partial charge in [0.05, 0.1) is 16.5 Å². The zero-order valence-corrected chi connectivity index (χ0v) is 14.4. The third kappa shape index (κ3) is 3.27. The minimum Gasteiger partial charge on any atom is -0.388 e. The molecule has 0 aliphatic rings. The van der Waals surface area contributed by atoms with E-state index in [0.717, 1.165) is 22.6 Å². The molecule has 21 heavy (non-hydrogen) atoms. The molecule has 0 amide bonds. The van der Waals surface area contributed by atoms with Crippen LogP contribution in [0, 0.1) is 6.92 Å². The molecule has 0 aromatic carbocycles. The van der Waals surface area contributed by atoms with Crippen molar-refractivity contribution in [2.75, 3.05) is 17.2 Å². The average molecular weight is 308 g/mol. The van der Waals surface area contributed by atoms with Gasteiger partial charge in [-0.25, -0.2) is 4.98 Å². The van der Waals surface area contributed by atoms with Gasteiger partial charge >= 0.3 is 0 Å². The van der Waals surface area contributed by atoms with Gasteiger partial charge in [0.2, 0.25) is 5.95 Å². The Bertz CT molecular complexity index is 643. The van der Waals surface area contributed by atoms with Crippen LogP contribution >= 0.6 is 11.3 Å². The van der Waals surface area contributed by atoms with Crippen LogP contribution in [0.1, 0.15) is 39.5 Å². The van der Waals surface area contributed by atoms with E-state index in [1.54, 1.807) is 25.2 Å². The zero-order valence-electron chi connectivity index (χ0n) is 13.5. The van der Waals surface area contributed by atoms with Gasteiger partial charge in [-0.05, 0) is 47.6 Å². The smallest absolute Gasteiger partial charge is 0.226 e. The maximum absolute atomic E-state index is 10.3. The summed E-state index contributed by atoms with van der Waals surface area (Å²) >= 11 is 1.65. The summed E-state index contributed by atoms with van der Waals surface area (Å²) < 4.78 is 0. The Balaban J connectivity index is 2.51. The first kappa shape index (κ1) is 16.0. The second kappa shape index (κ2) is 5.42. The normalized spacial score (nSPS) is 12.7. The van der Waals surface area contributed by atoms with Crippen LogP contribution in [0.2, 0.25) is 0 Å². The number of anilines is 2. The van der Waals surface area contributed by atoms with Crippen LogP contribution in [0.4, 0.5) is 11.8 Å². The number of fused-ring (bicyclic) bond motifs is 1. The van der Waals surface area contributed by atoms with Crippen molar-refractivity contribution < 1.29 is 5.11 Å². The zero-order chi connectivity index (χ0) is 15.8. The summed E-state index contributed by atoms with van der Waals surface area (Å²) in [6, 6.07) is 2.08. The molecule has 0 fully saturated rings. The van der Waals surface area contributed by atoms with E-state index in [1.165, 1.54) is 4.88 Å². The fraction of sp³-hybridized carbons (Fsp3) is 0.600. The number of hydrogen-bond donors (Lipinski definition) is 3. The van der Waals surface area contributed by atoms with Crippen molar-refractivity contribution >= 4 is 33.3 Å². The minimum atomic E-state index is -0.881. The first-order chi connectivity index (χ1) is 9.64. The molecule has 0 aliphatic heterocycles. The molecule has 5 nitrogen and oxygen atoms in total. The summed E-state index contributed by atoms with van der Waals surface area (Å²) in [6.07, 6.45) is 0.